The molecule has 0 atom stereocenters. The average molecular weight is 378 g/mol. The van der Waals surface area contributed by atoms with Crippen LogP contribution < -0.4 is 0 Å². The molecule has 2 aromatic rings. The van der Waals surface area contributed by atoms with E-state index >= 15 is 0 Å². The number of nitrogens with zero attached hydrogens (tertiary/aromatic N) is 2. The van der Waals surface area contributed by atoms with Crippen molar-refractivity contribution in [2.75, 3.05) is 32.7 Å². The van der Waals surface area contributed by atoms with Crippen LogP contribution in [-0.4, -0.2) is 59.7 Å². The molecule has 1 heterocycles. The number of alkyl halides is 3. The molecule has 144 valence electrons. The van der Waals surface area contributed by atoms with Crippen LogP contribution in [0.1, 0.15) is 21.5 Å². The lowest BCUT2D eigenvalue weighted by Gasteiger charge is -2.35. The first-order valence-electron chi connectivity index (χ1n) is 8.76. The third-order valence-corrected chi connectivity index (χ3v) is 4.60. The molecule has 0 saturated carbocycles. The Hall–Kier alpha value is -2.54. The number of carbonyl (C=O) groups excluding carboxylic acids is 1. The zero-order valence-corrected chi connectivity index (χ0v) is 14.7. The topological polar surface area (TPSA) is 43.8 Å². The van der Waals surface area contributed by atoms with Crippen molar-refractivity contribution in [3.8, 4) is 5.75 Å². The fourth-order valence-corrected chi connectivity index (χ4v) is 3.23. The lowest BCUT2D eigenvalue weighted by Crippen LogP contribution is -2.50. The molecule has 0 bridgehead atoms. The van der Waals surface area contributed by atoms with Gasteiger partial charge in [-0.1, -0.05) is 36.4 Å². The summed E-state index contributed by atoms with van der Waals surface area (Å²) in [7, 11) is 0. The van der Waals surface area contributed by atoms with E-state index in [-0.39, 0.29) is 43.4 Å². The number of hydrogen-bond acceptors (Lipinski definition) is 3. The van der Waals surface area contributed by atoms with Gasteiger partial charge < -0.3 is 10.0 Å². The standard InChI is InChI=1S/C20H21F3N2O2/c21-20(22,23)14-24-8-10-25(11-9-24)19(27)17-13-16(6-7-18(17)26)12-15-4-2-1-3-5-15/h1-7,13,26H,8-12,14H2. The first kappa shape index (κ1) is 19.2. The van der Waals surface area contributed by atoms with Gasteiger partial charge in [-0.15, -0.1) is 0 Å². The molecule has 1 aliphatic rings. The van der Waals surface area contributed by atoms with Crippen LogP contribution in [0.15, 0.2) is 48.5 Å². The van der Waals surface area contributed by atoms with Crippen molar-refractivity contribution in [3.63, 3.8) is 0 Å². The van der Waals surface area contributed by atoms with Gasteiger partial charge in [-0.05, 0) is 29.7 Å². The largest absolute Gasteiger partial charge is 0.507 e. The molecule has 1 N–H and O–H groups in total. The summed E-state index contributed by atoms with van der Waals surface area (Å²) in [5, 5.41) is 10.1. The van der Waals surface area contributed by atoms with Crippen LogP contribution in [0.25, 0.3) is 0 Å². The number of phenols is 1. The van der Waals surface area contributed by atoms with Crippen LogP contribution in [0.2, 0.25) is 0 Å². The Bertz CT molecular complexity index is 786. The normalized spacial score (nSPS) is 15.7. The second-order valence-electron chi connectivity index (χ2n) is 6.70. The fraction of sp³-hybridized carbons (Fsp3) is 0.350. The summed E-state index contributed by atoms with van der Waals surface area (Å²) in [6.07, 6.45) is -3.61. The van der Waals surface area contributed by atoms with Gasteiger partial charge in [0.15, 0.2) is 0 Å². The first-order chi connectivity index (χ1) is 12.8. The van der Waals surface area contributed by atoms with E-state index in [1.54, 1.807) is 12.1 Å². The predicted molar refractivity (Wildman–Crippen MR) is 95.8 cm³/mol. The minimum absolute atomic E-state index is 0.116. The minimum Gasteiger partial charge on any atom is -0.507 e. The van der Waals surface area contributed by atoms with Gasteiger partial charge in [-0.3, -0.25) is 9.69 Å². The molecule has 7 heteroatoms. The zero-order chi connectivity index (χ0) is 19.4. The van der Waals surface area contributed by atoms with Gasteiger partial charge in [0.2, 0.25) is 0 Å². The molecule has 0 aliphatic carbocycles. The number of rotatable bonds is 4. The van der Waals surface area contributed by atoms with E-state index in [1.165, 1.54) is 15.9 Å². The van der Waals surface area contributed by atoms with E-state index < -0.39 is 12.7 Å². The zero-order valence-electron chi connectivity index (χ0n) is 14.7. The molecule has 1 aliphatic heterocycles. The van der Waals surface area contributed by atoms with Gasteiger partial charge in [0.1, 0.15) is 5.75 Å². The van der Waals surface area contributed by atoms with Crippen LogP contribution in [0.5, 0.6) is 5.75 Å². The molecule has 27 heavy (non-hydrogen) atoms. The number of carbonyl (C=O) groups is 1. The van der Waals surface area contributed by atoms with Crippen molar-refractivity contribution in [3.05, 3.63) is 65.2 Å². The Morgan fingerprint density at radius 2 is 1.63 bits per heavy atom. The highest BCUT2D eigenvalue weighted by Crippen LogP contribution is 2.23. The summed E-state index contributed by atoms with van der Waals surface area (Å²) >= 11 is 0. The Labute approximate surface area is 155 Å². The molecule has 0 radical (unpaired) electrons. The fourth-order valence-electron chi connectivity index (χ4n) is 3.23. The number of benzene rings is 2. The van der Waals surface area contributed by atoms with Gasteiger partial charge in [-0.25, -0.2) is 0 Å². The van der Waals surface area contributed by atoms with E-state index in [4.69, 9.17) is 0 Å². The molecule has 1 fully saturated rings. The smallest absolute Gasteiger partial charge is 0.401 e. The minimum atomic E-state index is -4.24. The summed E-state index contributed by atoms with van der Waals surface area (Å²) in [4.78, 5) is 15.5. The molecule has 0 spiro atoms. The Kier molecular flexibility index (Phi) is 5.70. The van der Waals surface area contributed by atoms with Crippen molar-refractivity contribution in [2.45, 2.75) is 12.6 Å². The molecule has 1 saturated heterocycles. The van der Waals surface area contributed by atoms with E-state index in [2.05, 4.69) is 0 Å². The van der Waals surface area contributed by atoms with Crippen LogP contribution in [0.4, 0.5) is 13.2 Å². The van der Waals surface area contributed by atoms with Gasteiger partial charge in [-0.2, -0.15) is 13.2 Å². The van der Waals surface area contributed by atoms with E-state index in [9.17, 15) is 23.1 Å². The number of halogens is 3. The number of hydrogen-bond donors (Lipinski definition) is 1. The average Bonchev–Trinajstić information content (AvgIpc) is 2.63. The molecule has 3 rings (SSSR count). The monoisotopic (exact) mass is 378 g/mol. The number of phenolic OH excluding ortho intramolecular Hbond substituents is 1. The number of piperazine rings is 1. The van der Waals surface area contributed by atoms with E-state index in [0.29, 0.717) is 6.42 Å². The second-order valence-corrected chi connectivity index (χ2v) is 6.70. The third-order valence-electron chi connectivity index (χ3n) is 4.60. The van der Waals surface area contributed by atoms with Crippen molar-refractivity contribution in [1.82, 2.24) is 9.80 Å². The lowest BCUT2D eigenvalue weighted by molar-refractivity contribution is -0.148. The maximum atomic E-state index is 12.7. The molecule has 4 nitrogen and oxygen atoms in total. The van der Waals surface area contributed by atoms with Gasteiger partial charge >= 0.3 is 6.18 Å². The number of amides is 1. The summed E-state index contributed by atoms with van der Waals surface area (Å²) in [5.74, 6) is -0.469. The van der Waals surface area contributed by atoms with E-state index in [0.717, 1.165) is 11.1 Å². The summed E-state index contributed by atoms with van der Waals surface area (Å²) in [5.41, 5.74) is 2.16. The highest BCUT2D eigenvalue weighted by atomic mass is 19.4. The highest BCUT2D eigenvalue weighted by Gasteiger charge is 2.33. The van der Waals surface area contributed by atoms with Crippen molar-refractivity contribution >= 4 is 5.91 Å². The Balaban J connectivity index is 1.67. The van der Waals surface area contributed by atoms with Crippen LogP contribution >= 0.6 is 0 Å². The van der Waals surface area contributed by atoms with Gasteiger partial charge in [0.05, 0.1) is 12.1 Å². The predicted octanol–water partition coefficient (Wildman–Crippen LogP) is 3.30. The quantitative estimate of drug-likeness (QED) is 0.888. The number of aromatic hydroxyl groups is 1. The van der Waals surface area contributed by atoms with Gasteiger partial charge in [0.25, 0.3) is 5.91 Å². The van der Waals surface area contributed by atoms with E-state index in [1.807, 2.05) is 30.3 Å². The maximum absolute atomic E-state index is 12.7. The second kappa shape index (κ2) is 8.00. The Morgan fingerprint density at radius 1 is 0.963 bits per heavy atom. The van der Waals surface area contributed by atoms with Crippen molar-refractivity contribution in [2.24, 2.45) is 0 Å². The van der Waals surface area contributed by atoms with Crippen molar-refractivity contribution < 1.29 is 23.1 Å². The van der Waals surface area contributed by atoms with Crippen LogP contribution in [0.3, 0.4) is 0 Å². The summed E-state index contributed by atoms with van der Waals surface area (Å²) in [6.45, 7) is -0.229. The van der Waals surface area contributed by atoms with Crippen LogP contribution in [-0.2, 0) is 6.42 Å². The molecular formula is C20H21F3N2O2. The highest BCUT2D eigenvalue weighted by molar-refractivity contribution is 5.97. The van der Waals surface area contributed by atoms with Crippen molar-refractivity contribution in [1.29, 1.82) is 0 Å². The maximum Gasteiger partial charge on any atom is 0.401 e. The van der Waals surface area contributed by atoms with Crippen LogP contribution in [0, 0.1) is 0 Å². The third kappa shape index (κ3) is 5.23. The summed E-state index contributed by atoms with van der Waals surface area (Å²) in [6, 6.07) is 14.7. The molecule has 0 unspecified atom stereocenters. The lowest BCUT2D eigenvalue weighted by atomic mass is 10.0. The van der Waals surface area contributed by atoms with Gasteiger partial charge in [0, 0.05) is 26.2 Å². The first-order valence-corrected chi connectivity index (χ1v) is 8.76. The summed E-state index contributed by atoms with van der Waals surface area (Å²) < 4.78 is 37.4. The Morgan fingerprint density at radius 3 is 2.26 bits per heavy atom. The SMILES string of the molecule is O=C(c1cc(Cc2ccccc2)ccc1O)N1CCN(CC(F)(F)F)CC1. The molecule has 1 amide bonds. The molecular weight excluding hydrogens is 357 g/mol. The molecule has 0 aromatic heterocycles. The molecule has 2 aromatic carbocycles.